The maximum Gasteiger partial charge on any atom is 0.341 e. The SMILES string of the molecule is COC(=O)c1ccc(OCCCCCCCCOC(=O)Cc2ccc([N+](C)(C)C)cc2)cc1OCc1ccccc1. The van der Waals surface area contributed by atoms with Crippen molar-refractivity contribution in [2.75, 3.05) is 41.5 Å². The molecule has 3 rings (SSSR count). The van der Waals surface area contributed by atoms with Gasteiger partial charge in [0, 0.05) is 6.07 Å². The van der Waals surface area contributed by atoms with Crippen LogP contribution in [0.5, 0.6) is 11.5 Å². The molecule has 0 fully saturated rings. The van der Waals surface area contributed by atoms with Crippen molar-refractivity contribution < 1.29 is 28.5 Å². The number of carbonyl (C=O) groups is 2. The topological polar surface area (TPSA) is 71.1 Å². The first-order valence-electron chi connectivity index (χ1n) is 14.3. The highest BCUT2D eigenvalue weighted by Gasteiger charge is 2.15. The lowest BCUT2D eigenvalue weighted by molar-refractivity contribution is -0.142. The molecule has 0 N–H and O–H groups in total. The minimum atomic E-state index is -0.445. The van der Waals surface area contributed by atoms with Crippen LogP contribution in [0.3, 0.4) is 0 Å². The minimum absolute atomic E-state index is 0.173. The number of unbranched alkanes of at least 4 members (excludes halogenated alkanes) is 5. The van der Waals surface area contributed by atoms with Crippen LogP contribution in [0.4, 0.5) is 5.69 Å². The number of hydrogen-bond donors (Lipinski definition) is 0. The lowest BCUT2D eigenvalue weighted by atomic mass is 10.1. The number of hydrogen-bond acceptors (Lipinski definition) is 6. The molecular weight excluding hydrogens is 518 g/mol. The maximum absolute atomic E-state index is 12.2. The number of quaternary nitrogens is 1. The number of nitrogens with zero attached hydrogens (tertiary/aromatic N) is 1. The lowest BCUT2D eigenvalue weighted by Crippen LogP contribution is -2.34. The van der Waals surface area contributed by atoms with Gasteiger partial charge in [0.1, 0.15) is 29.4 Å². The number of benzene rings is 3. The number of carbonyl (C=O) groups excluding carboxylic acids is 2. The first-order valence-corrected chi connectivity index (χ1v) is 14.3. The number of esters is 2. The molecule has 0 aliphatic rings. The summed E-state index contributed by atoms with van der Waals surface area (Å²) < 4.78 is 22.9. The molecule has 0 bridgehead atoms. The summed E-state index contributed by atoms with van der Waals surface area (Å²) in [6.07, 6.45) is 6.40. The molecule has 0 atom stereocenters. The Morgan fingerprint density at radius 3 is 2.02 bits per heavy atom. The third-order valence-electron chi connectivity index (χ3n) is 6.73. The van der Waals surface area contributed by atoms with Gasteiger partial charge in [-0.3, -0.25) is 9.28 Å². The van der Waals surface area contributed by atoms with Crippen molar-refractivity contribution >= 4 is 17.6 Å². The molecular formula is C34H44NO6+. The normalized spacial score (nSPS) is 11.1. The van der Waals surface area contributed by atoms with Crippen molar-refractivity contribution in [3.05, 3.63) is 89.5 Å². The minimum Gasteiger partial charge on any atom is -0.493 e. The monoisotopic (exact) mass is 562 g/mol. The smallest absolute Gasteiger partial charge is 0.341 e. The first-order chi connectivity index (χ1) is 19.8. The van der Waals surface area contributed by atoms with E-state index >= 15 is 0 Å². The zero-order valence-corrected chi connectivity index (χ0v) is 24.9. The van der Waals surface area contributed by atoms with Gasteiger partial charge in [-0.05, 0) is 48.2 Å². The standard InChI is InChI=1S/C34H44NO6/c1-35(2,3)29-18-16-27(17-19-29)24-33(36)40-23-13-8-6-5-7-12-22-39-30-20-21-31(34(37)38-4)32(25-30)41-26-28-14-10-9-11-15-28/h9-11,14-21,25H,5-8,12-13,22-24,26H2,1-4H3/q+1. The van der Waals surface area contributed by atoms with E-state index in [1.807, 2.05) is 42.5 Å². The second kappa shape index (κ2) is 16.4. The zero-order chi connectivity index (χ0) is 29.5. The number of ether oxygens (including phenoxy) is 4. The molecule has 7 heteroatoms. The van der Waals surface area contributed by atoms with E-state index in [2.05, 4.69) is 33.3 Å². The number of methoxy groups -OCH3 is 1. The van der Waals surface area contributed by atoms with Gasteiger partial charge in [0.05, 0.1) is 47.9 Å². The molecule has 0 saturated heterocycles. The van der Waals surface area contributed by atoms with Crippen LogP contribution in [0, 0.1) is 0 Å². The van der Waals surface area contributed by atoms with Gasteiger partial charge < -0.3 is 18.9 Å². The number of rotatable bonds is 17. The van der Waals surface area contributed by atoms with Crippen molar-refractivity contribution in [2.24, 2.45) is 0 Å². The van der Waals surface area contributed by atoms with E-state index in [0.29, 0.717) is 43.3 Å². The molecule has 0 aliphatic carbocycles. The van der Waals surface area contributed by atoms with Crippen molar-refractivity contribution in [1.82, 2.24) is 4.48 Å². The molecule has 0 aromatic heterocycles. The molecule has 0 spiro atoms. The Hall–Kier alpha value is -3.84. The highest BCUT2D eigenvalue weighted by Crippen LogP contribution is 2.27. The van der Waals surface area contributed by atoms with Crippen LogP contribution in [0.2, 0.25) is 0 Å². The summed E-state index contributed by atoms with van der Waals surface area (Å²) in [5.41, 5.74) is 3.55. The third-order valence-corrected chi connectivity index (χ3v) is 6.73. The van der Waals surface area contributed by atoms with Crippen molar-refractivity contribution in [1.29, 1.82) is 0 Å². The molecule has 0 heterocycles. The summed E-state index contributed by atoms with van der Waals surface area (Å²) in [7, 11) is 7.70. The van der Waals surface area contributed by atoms with Crippen LogP contribution < -0.4 is 14.0 Å². The quantitative estimate of drug-likeness (QED) is 0.103. The molecule has 0 aliphatic heterocycles. The molecule has 7 nitrogen and oxygen atoms in total. The Morgan fingerprint density at radius 2 is 1.37 bits per heavy atom. The average Bonchev–Trinajstić information content (AvgIpc) is 2.97. The summed E-state index contributed by atoms with van der Waals surface area (Å²) in [5.74, 6) is 0.483. The Balaban J connectivity index is 1.27. The largest absolute Gasteiger partial charge is 0.493 e. The molecule has 0 amide bonds. The predicted octanol–water partition coefficient (Wildman–Crippen LogP) is 6.75. The lowest BCUT2D eigenvalue weighted by Gasteiger charge is -2.23. The van der Waals surface area contributed by atoms with Crippen LogP contribution in [0.15, 0.2) is 72.8 Å². The highest BCUT2D eigenvalue weighted by molar-refractivity contribution is 5.92. The Labute approximate surface area is 244 Å². The fourth-order valence-corrected chi connectivity index (χ4v) is 4.29. The van der Waals surface area contributed by atoms with Crippen LogP contribution in [-0.4, -0.2) is 53.4 Å². The molecule has 0 radical (unpaired) electrons. The Morgan fingerprint density at radius 1 is 0.707 bits per heavy atom. The van der Waals surface area contributed by atoms with E-state index in [9.17, 15) is 9.59 Å². The van der Waals surface area contributed by atoms with Crippen molar-refractivity contribution in [2.45, 2.75) is 51.6 Å². The van der Waals surface area contributed by atoms with Gasteiger partial charge in [0.2, 0.25) is 0 Å². The van der Waals surface area contributed by atoms with E-state index in [-0.39, 0.29) is 5.97 Å². The van der Waals surface area contributed by atoms with Gasteiger partial charge in [-0.2, -0.15) is 0 Å². The molecule has 220 valence electrons. The van der Waals surface area contributed by atoms with Gasteiger partial charge in [0.25, 0.3) is 0 Å². The third kappa shape index (κ3) is 11.3. The summed E-state index contributed by atoms with van der Waals surface area (Å²) >= 11 is 0. The van der Waals surface area contributed by atoms with Gasteiger partial charge >= 0.3 is 11.9 Å². The average molecular weight is 563 g/mol. The molecule has 0 unspecified atom stereocenters. The van der Waals surface area contributed by atoms with Gasteiger partial charge in [-0.1, -0.05) is 68.1 Å². The summed E-state index contributed by atoms with van der Waals surface area (Å²) in [6, 6.07) is 23.1. The molecule has 0 saturated carbocycles. The van der Waals surface area contributed by atoms with Crippen molar-refractivity contribution in [3.63, 3.8) is 0 Å². The summed E-state index contributed by atoms with van der Waals surface area (Å²) in [4.78, 5) is 24.3. The van der Waals surface area contributed by atoms with Crippen LogP contribution in [0.1, 0.15) is 60.0 Å². The summed E-state index contributed by atoms with van der Waals surface area (Å²) in [5, 5.41) is 0. The van der Waals surface area contributed by atoms with Crippen LogP contribution in [0.25, 0.3) is 0 Å². The van der Waals surface area contributed by atoms with Gasteiger partial charge in [-0.15, -0.1) is 0 Å². The Bertz CT molecular complexity index is 1220. The second-order valence-electron chi connectivity index (χ2n) is 11.0. The zero-order valence-electron chi connectivity index (χ0n) is 24.9. The fourth-order valence-electron chi connectivity index (χ4n) is 4.29. The second-order valence-corrected chi connectivity index (χ2v) is 11.0. The van der Waals surface area contributed by atoms with Gasteiger partial charge in [-0.25, -0.2) is 4.79 Å². The predicted molar refractivity (Wildman–Crippen MR) is 162 cm³/mol. The molecule has 3 aromatic rings. The Kier molecular flexibility index (Phi) is 12.7. The molecule has 41 heavy (non-hydrogen) atoms. The highest BCUT2D eigenvalue weighted by atomic mass is 16.5. The fraction of sp³-hybridized carbons (Fsp3) is 0.412. The van der Waals surface area contributed by atoms with E-state index in [1.165, 1.54) is 12.8 Å². The van der Waals surface area contributed by atoms with E-state index in [4.69, 9.17) is 18.9 Å². The van der Waals surface area contributed by atoms with E-state index < -0.39 is 5.97 Å². The maximum atomic E-state index is 12.2. The van der Waals surface area contributed by atoms with E-state index in [0.717, 1.165) is 54.1 Å². The van der Waals surface area contributed by atoms with Crippen LogP contribution in [-0.2, 0) is 27.3 Å². The summed E-state index contributed by atoms with van der Waals surface area (Å²) in [6.45, 7) is 1.40. The van der Waals surface area contributed by atoms with Gasteiger partial charge in [0.15, 0.2) is 0 Å². The first kappa shape index (κ1) is 31.7. The van der Waals surface area contributed by atoms with E-state index in [1.54, 1.807) is 18.2 Å². The van der Waals surface area contributed by atoms with Crippen LogP contribution >= 0.6 is 0 Å². The van der Waals surface area contributed by atoms with Crippen molar-refractivity contribution in [3.8, 4) is 11.5 Å². The molecule has 3 aromatic carbocycles.